The molecule has 0 amide bonds. The standard InChI is InChI=1S/C11H9F3N4O2/c12-11(13,14)8-3-1-7(2-4-8)5-9-15-17-18(16-9)6-10(19)20/h1-4H,5-6H2,(H,19,20). The summed E-state index contributed by atoms with van der Waals surface area (Å²) in [4.78, 5) is 11.3. The molecule has 6 nitrogen and oxygen atoms in total. The summed E-state index contributed by atoms with van der Waals surface area (Å²) in [6.07, 6.45) is -4.20. The first-order valence-electron chi connectivity index (χ1n) is 5.49. The van der Waals surface area contributed by atoms with Crippen LogP contribution in [0.3, 0.4) is 0 Å². The molecule has 1 heterocycles. The predicted molar refractivity (Wildman–Crippen MR) is 59.7 cm³/mol. The van der Waals surface area contributed by atoms with Crippen LogP contribution in [0.2, 0.25) is 0 Å². The van der Waals surface area contributed by atoms with E-state index >= 15 is 0 Å². The van der Waals surface area contributed by atoms with Crippen LogP contribution in [0.1, 0.15) is 17.0 Å². The molecular formula is C11H9F3N4O2. The van der Waals surface area contributed by atoms with Crippen molar-refractivity contribution in [1.29, 1.82) is 0 Å². The van der Waals surface area contributed by atoms with Crippen molar-refractivity contribution >= 4 is 5.97 Å². The SMILES string of the molecule is O=C(O)Cn1nnc(Cc2ccc(C(F)(F)F)cc2)n1. The van der Waals surface area contributed by atoms with E-state index in [0.717, 1.165) is 16.9 Å². The largest absolute Gasteiger partial charge is 0.480 e. The Labute approximate surface area is 110 Å². The zero-order valence-electron chi connectivity index (χ0n) is 10.0. The number of aliphatic carboxylic acids is 1. The molecule has 1 N–H and O–H groups in total. The first-order chi connectivity index (χ1) is 9.34. The number of carboxylic acid groups (broad SMARTS) is 1. The molecule has 0 bridgehead atoms. The van der Waals surface area contributed by atoms with Gasteiger partial charge in [0.15, 0.2) is 12.4 Å². The molecular weight excluding hydrogens is 277 g/mol. The summed E-state index contributed by atoms with van der Waals surface area (Å²) in [5, 5.41) is 19.5. The average molecular weight is 286 g/mol. The minimum absolute atomic E-state index is 0.178. The third-order valence-electron chi connectivity index (χ3n) is 2.41. The van der Waals surface area contributed by atoms with E-state index in [-0.39, 0.29) is 12.2 Å². The second-order valence-electron chi connectivity index (χ2n) is 4.00. The van der Waals surface area contributed by atoms with Crippen molar-refractivity contribution < 1.29 is 23.1 Å². The molecule has 0 saturated carbocycles. The molecule has 0 fully saturated rings. The lowest BCUT2D eigenvalue weighted by Crippen LogP contribution is -2.11. The van der Waals surface area contributed by atoms with E-state index in [1.165, 1.54) is 12.1 Å². The Bertz CT molecular complexity index is 607. The van der Waals surface area contributed by atoms with Gasteiger partial charge in [-0.3, -0.25) is 4.79 Å². The van der Waals surface area contributed by atoms with Gasteiger partial charge in [0, 0.05) is 6.42 Å². The highest BCUT2D eigenvalue weighted by Gasteiger charge is 2.29. The van der Waals surface area contributed by atoms with Gasteiger partial charge in [-0.25, -0.2) is 0 Å². The Hall–Kier alpha value is -2.45. The van der Waals surface area contributed by atoms with Gasteiger partial charge in [0.05, 0.1) is 5.56 Å². The van der Waals surface area contributed by atoms with Crippen LogP contribution in [0.15, 0.2) is 24.3 Å². The fraction of sp³-hybridized carbons (Fsp3) is 0.273. The monoisotopic (exact) mass is 286 g/mol. The average Bonchev–Trinajstić information content (AvgIpc) is 2.75. The number of aromatic nitrogens is 4. The lowest BCUT2D eigenvalue weighted by molar-refractivity contribution is -0.138. The van der Waals surface area contributed by atoms with E-state index in [9.17, 15) is 18.0 Å². The van der Waals surface area contributed by atoms with Crippen molar-refractivity contribution in [1.82, 2.24) is 20.2 Å². The number of nitrogens with zero attached hydrogens (tertiary/aromatic N) is 4. The maximum atomic E-state index is 12.4. The highest BCUT2D eigenvalue weighted by Crippen LogP contribution is 2.29. The van der Waals surface area contributed by atoms with Crippen LogP contribution >= 0.6 is 0 Å². The molecule has 0 aliphatic rings. The minimum atomic E-state index is -4.37. The molecule has 0 unspecified atom stereocenters. The first-order valence-corrected chi connectivity index (χ1v) is 5.49. The fourth-order valence-corrected chi connectivity index (χ4v) is 1.53. The van der Waals surface area contributed by atoms with E-state index in [4.69, 9.17) is 5.11 Å². The molecule has 0 radical (unpaired) electrons. The van der Waals surface area contributed by atoms with Crippen molar-refractivity contribution in [2.75, 3.05) is 0 Å². The smallest absolute Gasteiger partial charge is 0.416 e. The molecule has 0 aliphatic heterocycles. The number of benzene rings is 1. The van der Waals surface area contributed by atoms with Crippen molar-refractivity contribution in [3.05, 3.63) is 41.2 Å². The van der Waals surface area contributed by atoms with Crippen LogP contribution < -0.4 is 0 Å². The van der Waals surface area contributed by atoms with Crippen molar-refractivity contribution in [2.45, 2.75) is 19.1 Å². The van der Waals surface area contributed by atoms with Gasteiger partial charge in [-0.1, -0.05) is 12.1 Å². The van der Waals surface area contributed by atoms with Crippen molar-refractivity contribution in [3.63, 3.8) is 0 Å². The van der Waals surface area contributed by atoms with E-state index in [2.05, 4.69) is 15.4 Å². The molecule has 9 heteroatoms. The number of alkyl halides is 3. The first kappa shape index (κ1) is 14.0. The maximum Gasteiger partial charge on any atom is 0.416 e. The lowest BCUT2D eigenvalue weighted by atomic mass is 10.1. The maximum absolute atomic E-state index is 12.4. The number of rotatable bonds is 4. The summed E-state index contributed by atoms with van der Waals surface area (Å²) in [7, 11) is 0. The van der Waals surface area contributed by atoms with Gasteiger partial charge >= 0.3 is 12.1 Å². The summed E-state index contributed by atoms with van der Waals surface area (Å²) >= 11 is 0. The highest BCUT2D eigenvalue weighted by atomic mass is 19.4. The molecule has 1 aromatic heterocycles. The number of halogens is 3. The van der Waals surface area contributed by atoms with Crippen LogP contribution in [0, 0.1) is 0 Å². The van der Waals surface area contributed by atoms with Gasteiger partial charge in [-0.2, -0.15) is 18.0 Å². The zero-order chi connectivity index (χ0) is 14.8. The Balaban J connectivity index is 2.06. The van der Waals surface area contributed by atoms with Gasteiger partial charge in [-0.05, 0) is 22.9 Å². The van der Waals surface area contributed by atoms with E-state index in [1.807, 2.05) is 0 Å². The Morgan fingerprint density at radius 2 is 1.90 bits per heavy atom. The zero-order valence-corrected chi connectivity index (χ0v) is 10.0. The summed E-state index contributed by atoms with van der Waals surface area (Å²) in [6, 6.07) is 4.58. The van der Waals surface area contributed by atoms with Crippen LogP contribution in [0.4, 0.5) is 13.2 Å². The van der Waals surface area contributed by atoms with Gasteiger partial charge in [0.25, 0.3) is 0 Å². The molecule has 106 valence electrons. The topological polar surface area (TPSA) is 80.9 Å². The second-order valence-corrected chi connectivity index (χ2v) is 4.00. The van der Waals surface area contributed by atoms with Crippen LogP contribution in [-0.2, 0) is 23.9 Å². The summed E-state index contributed by atoms with van der Waals surface area (Å²) in [5.41, 5.74) is -0.156. The van der Waals surface area contributed by atoms with Crippen LogP contribution in [0.25, 0.3) is 0 Å². The summed E-state index contributed by atoms with van der Waals surface area (Å²) < 4.78 is 37.1. The minimum Gasteiger partial charge on any atom is -0.480 e. The van der Waals surface area contributed by atoms with Gasteiger partial charge in [-0.15, -0.1) is 10.2 Å². The Morgan fingerprint density at radius 1 is 1.25 bits per heavy atom. The molecule has 2 aromatic rings. The van der Waals surface area contributed by atoms with Gasteiger partial charge in [0.2, 0.25) is 0 Å². The molecule has 0 saturated heterocycles. The Kier molecular flexibility index (Phi) is 3.68. The van der Waals surface area contributed by atoms with Crippen molar-refractivity contribution in [2.24, 2.45) is 0 Å². The normalized spacial score (nSPS) is 11.6. The number of carboxylic acids is 1. The van der Waals surface area contributed by atoms with Gasteiger partial charge < -0.3 is 5.11 Å². The van der Waals surface area contributed by atoms with Crippen molar-refractivity contribution in [3.8, 4) is 0 Å². The number of tetrazole rings is 1. The van der Waals surface area contributed by atoms with E-state index in [1.54, 1.807) is 0 Å². The molecule has 0 atom stereocenters. The summed E-state index contributed by atoms with van der Waals surface area (Å²) in [5.74, 6) is -0.866. The molecule has 0 aliphatic carbocycles. The molecule has 2 rings (SSSR count). The van der Waals surface area contributed by atoms with Gasteiger partial charge in [0.1, 0.15) is 0 Å². The second kappa shape index (κ2) is 5.27. The Morgan fingerprint density at radius 3 is 2.45 bits per heavy atom. The number of hydrogen-bond donors (Lipinski definition) is 1. The number of hydrogen-bond acceptors (Lipinski definition) is 4. The van der Waals surface area contributed by atoms with E-state index < -0.39 is 24.3 Å². The molecule has 0 spiro atoms. The summed E-state index contributed by atoms with van der Waals surface area (Å²) in [6.45, 7) is -0.417. The van der Waals surface area contributed by atoms with Crippen LogP contribution in [-0.4, -0.2) is 31.3 Å². The third-order valence-corrected chi connectivity index (χ3v) is 2.41. The lowest BCUT2D eigenvalue weighted by Gasteiger charge is -2.06. The molecule has 20 heavy (non-hydrogen) atoms. The molecule has 1 aromatic carbocycles. The third kappa shape index (κ3) is 3.53. The fourth-order valence-electron chi connectivity index (χ4n) is 1.53. The quantitative estimate of drug-likeness (QED) is 0.918. The number of carbonyl (C=O) groups is 1. The van der Waals surface area contributed by atoms with Crippen LogP contribution in [0.5, 0.6) is 0 Å². The van der Waals surface area contributed by atoms with E-state index in [0.29, 0.717) is 5.56 Å². The predicted octanol–water partition coefficient (Wildman–Crippen LogP) is 1.37. The highest BCUT2D eigenvalue weighted by molar-refractivity contribution is 5.66.